The Labute approximate surface area is 104 Å². The van der Waals surface area contributed by atoms with Crippen LogP contribution in [0.25, 0.3) is 0 Å². The van der Waals surface area contributed by atoms with Crippen LogP contribution in [0.4, 0.5) is 0 Å². The maximum absolute atomic E-state index is 4.39. The predicted octanol–water partition coefficient (Wildman–Crippen LogP) is 2.26. The summed E-state index contributed by atoms with van der Waals surface area (Å²) in [5.74, 6) is 0. The molecule has 1 aromatic heterocycles. The molecule has 2 rings (SSSR count). The number of nitrogens with zero attached hydrogens (tertiary/aromatic N) is 1. The van der Waals surface area contributed by atoms with Gasteiger partial charge in [-0.05, 0) is 51.8 Å². The lowest BCUT2D eigenvalue weighted by Crippen LogP contribution is -2.35. The Morgan fingerprint density at radius 2 is 2.35 bits per heavy atom. The van der Waals surface area contributed by atoms with Crippen LogP contribution in [-0.2, 0) is 0 Å². The molecule has 3 nitrogen and oxygen atoms in total. The molecule has 3 atom stereocenters. The third-order valence-corrected chi connectivity index (χ3v) is 3.47. The Morgan fingerprint density at radius 1 is 1.47 bits per heavy atom. The van der Waals surface area contributed by atoms with Crippen molar-refractivity contribution >= 4 is 0 Å². The zero-order valence-electron chi connectivity index (χ0n) is 10.8. The first kappa shape index (κ1) is 12.5. The van der Waals surface area contributed by atoms with E-state index in [-0.39, 0.29) is 0 Å². The molecule has 0 bridgehead atoms. The second-order valence-corrected chi connectivity index (χ2v) is 5.07. The highest BCUT2D eigenvalue weighted by molar-refractivity contribution is 5.07. The molecular formula is C14H23N3. The fraction of sp³-hybridized carbons (Fsp3) is 0.643. The second kappa shape index (κ2) is 6.12. The van der Waals surface area contributed by atoms with E-state index in [2.05, 4.69) is 35.5 Å². The minimum absolute atomic E-state index is 0.326. The van der Waals surface area contributed by atoms with Gasteiger partial charge in [-0.3, -0.25) is 4.98 Å². The lowest BCUT2D eigenvalue weighted by Gasteiger charge is -2.22. The quantitative estimate of drug-likeness (QED) is 0.819. The maximum Gasteiger partial charge on any atom is 0.0570 e. The molecule has 2 unspecified atom stereocenters. The van der Waals surface area contributed by atoms with E-state index in [4.69, 9.17) is 0 Å². The average Bonchev–Trinajstić information content (AvgIpc) is 2.82. The maximum atomic E-state index is 4.39. The van der Waals surface area contributed by atoms with Gasteiger partial charge in [-0.2, -0.15) is 0 Å². The van der Waals surface area contributed by atoms with Crippen molar-refractivity contribution in [1.82, 2.24) is 15.6 Å². The number of nitrogens with one attached hydrogen (secondary N) is 2. The molecule has 0 spiro atoms. The minimum Gasteiger partial charge on any atom is -0.314 e. The number of hydrogen-bond acceptors (Lipinski definition) is 3. The van der Waals surface area contributed by atoms with Crippen LogP contribution in [0.5, 0.6) is 0 Å². The highest BCUT2D eigenvalue weighted by atomic mass is 15.0. The molecule has 1 aliphatic heterocycles. The number of aromatic nitrogens is 1. The molecule has 2 N–H and O–H groups in total. The molecule has 1 fully saturated rings. The Morgan fingerprint density at radius 3 is 3.00 bits per heavy atom. The van der Waals surface area contributed by atoms with Gasteiger partial charge in [-0.25, -0.2) is 0 Å². The highest BCUT2D eigenvalue weighted by Crippen LogP contribution is 2.14. The molecular weight excluding hydrogens is 210 g/mol. The largest absolute Gasteiger partial charge is 0.314 e. The summed E-state index contributed by atoms with van der Waals surface area (Å²) < 4.78 is 0. The third kappa shape index (κ3) is 3.79. The van der Waals surface area contributed by atoms with Gasteiger partial charge in [0.25, 0.3) is 0 Å². The molecule has 1 aromatic rings. The zero-order valence-corrected chi connectivity index (χ0v) is 10.8. The van der Waals surface area contributed by atoms with E-state index in [9.17, 15) is 0 Å². The Balaban J connectivity index is 1.79. The summed E-state index contributed by atoms with van der Waals surface area (Å²) in [7, 11) is 0. The van der Waals surface area contributed by atoms with Crippen LogP contribution in [0.2, 0.25) is 0 Å². The van der Waals surface area contributed by atoms with Gasteiger partial charge >= 0.3 is 0 Å². The van der Waals surface area contributed by atoms with Gasteiger partial charge in [0.05, 0.1) is 5.69 Å². The topological polar surface area (TPSA) is 37.0 Å². The monoisotopic (exact) mass is 233 g/mol. The van der Waals surface area contributed by atoms with Crippen molar-refractivity contribution in [3.8, 4) is 0 Å². The van der Waals surface area contributed by atoms with Gasteiger partial charge in [0.15, 0.2) is 0 Å². The van der Waals surface area contributed by atoms with Crippen LogP contribution in [-0.4, -0.2) is 23.6 Å². The normalized spacial score (nSPS) is 23.5. The highest BCUT2D eigenvalue weighted by Gasteiger charge is 2.18. The van der Waals surface area contributed by atoms with Crippen LogP contribution < -0.4 is 10.6 Å². The van der Waals surface area contributed by atoms with Gasteiger partial charge in [0.2, 0.25) is 0 Å². The van der Waals surface area contributed by atoms with E-state index < -0.39 is 0 Å². The summed E-state index contributed by atoms with van der Waals surface area (Å²) in [6.07, 6.45) is 5.71. The molecule has 1 aliphatic rings. The van der Waals surface area contributed by atoms with Gasteiger partial charge in [0, 0.05) is 24.3 Å². The lowest BCUT2D eigenvalue weighted by atomic mass is 10.1. The van der Waals surface area contributed by atoms with Gasteiger partial charge in [0.1, 0.15) is 0 Å². The molecule has 3 heteroatoms. The summed E-state index contributed by atoms with van der Waals surface area (Å²) >= 11 is 0. The summed E-state index contributed by atoms with van der Waals surface area (Å²) in [5, 5.41) is 7.17. The van der Waals surface area contributed by atoms with Crippen molar-refractivity contribution < 1.29 is 0 Å². The average molecular weight is 233 g/mol. The fourth-order valence-electron chi connectivity index (χ4n) is 2.60. The molecule has 94 valence electrons. The van der Waals surface area contributed by atoms with Crippen LogP contribution in [0, 0.1) is 0 Å². The SMILES string of the molecule is CC(CC1CCCN1)N[C@@H](C)c1ccccn1. The Hall–Kier alpha value is -0.930. The van der Waals surface area contributed by atoms with Crippen molar-refractivity contribution in [2.75, 3.05) is 6.54 Å². The van der Waals surface area contributed by atoms with E-state index >= 15 is 0 Å². The summed E-state index contributed by atoms with van der Waals surface area (Å²) in [5.41, 5.74) is 1.12. The smallest absolute Gasteiger partial charge is 0.0570 e. The summed E-state index contributed by atoms with van der Waals surface area (Å²) in [4.78, 5) is 4.39. The molecule has 0 aromatic carbocycles. The van der Waals surface area contributed by atoms with E-state index in [1.165, 1.54) is 25.8 Å². The number of hydrogen-bond donors (Lipinski definition) is 2. The fourth-order valence-corrected chi connectivity index (χ4v) is 2.60. The van der Waals surface area contributed by atoms with Crippen molar-refractivity contribution in [1.29, 1.82) is 0 Å². The first-order valence-corrected chi connectivity index (χ1v) is 6.66. The summed E-state index contributed by atoms with van der Waals surface area (Å²) in [6.45, 7) is 5.63. The van der Waals surface area contributed by atoms with Crippen molar-refractivity contribution in [3.63, 3.8) is 0 Å². The Bertz CT molecular complexity index is 319. The first-order chi connectivity index (χ1) is 8.25. The summed E-state index contributed by atoms with van der Waals surface area (Å²) in [6, 6.07) is 7.65. The first-order valence-electron chi connectivity index (χ1n) is 6.66. The van der Waals surface area contributed by atoms with Crippen molar-refractivity contribution in [2.24, 2.45) is 0 Å². The van der Waals surface area contributed by atoms with E-state index in [1.54, 1.807) is 0 Å². The molecule has 0 saturated carbocycles. The number of pyridine rings is 1. The van der Waals surface area contributed by atoms with Gasteiger partial charge in [-0.1, -0.05) is 6.07 Å². The molecule has 2 heterocycles. The molecule has 0 aliphatic carbocycles. The van der Waals surface area contributed by atoms with Crippen LogP contribution >= 0.6 is 0 Å². The van der Waals surface area contributed by atoms with E-state index in [0.29, 0.717) is 18.1 Å². The standard InChI is InChI=1S/C14H23N3/c1-11(10-13-6-5-9-15-13)17-12(2)14-7-3-4-8-16-14/h3-4,7-8,11-13,15,17H,5-6,9-10H2,1-2H3/t11?,12-,13?/m0/s1. The van der Waals surface area contributed by atoms with E-state index in [1.807, 2.05) is 18.3 Å². The van der Waals surface area contributed by atoms with Gasteiger partial charge in [-0.15, -0.1) is 0 Å². The molecule has 0 radical (unpaired) electrons. The van der Waals surface area contributed by atoms with Crippen LogP contribution in [0.1, 0.15) is 44.8 Å². The zero-order chi connectivity index (χ0) is 12.1. The molecule has 0 amide bonds. The predicted molar refractivity (Wildman–Crippen MR) is 70.9 cm³/mol. The van der Waals surface area contributed by atoms with Gasteiger partial charge < -0.3 is 10.6 Å². The number of rotatable bonds is 5. The van der Waals surface area contributed by atoms with Crippen LogP contribution in [0.3, 0.4) is 0 Å². The van der Waals surface area contributed by atoms with Crippen LogP contribution in [0.15, 0.2) is 24.4 Å². The Kier molecular flexibility index (Phi) is 4.51. The van der Waals surface area contributed by atoms with E-state index in [0.717, 1.165) is 5.69 Å². The molecule has 17 heavy (non-hydrogen) atoms. The second-order valence-electron chi connectivity index (χ2n) is 5.07. The minimum atomic E-state index is 0.326. The lowest BCUT2D eigenvalue weighted by molar-refractivity contribution is 0.404. The molecule has 1 saturated heterocycles. The third-order valence-electron chi connectivity index (χ3n) is 3.47. The van der Waals surface area contributed by atoms with Crippen molar-refractivity contribution in [2.45, 2.75) is 51.2 Å². The van der Waals surface area contributed by atoms with Crippen molar-refractivity contribution in [3.05, 3.63) is 30.1 Å².